The van der Waals surface area contributed by atoms with E-state index in [0.717, 1.165) is 12.1 Å². The molecule has 0 amide bonds. The summed E-state index contributed by atoms with van der Waals surface area (Å²) in [6, 6.07) is 7.41. The Morgan fingerprint density at radius 2 is 1.61 bits per heavy atom. The van der Waals surface area contributed by atoms with Gasteiger partial charge < -0.3 is 49.6 Å². The van der Waals surface area contributed by atoms with Crippen molar-refractivity contribution in [2.45, 2.75) is 30.7 Å². The molecular weight excluding hydrogens is 444 g/mol. The predicted octanol–water partition coefficient (Wildman–Crippen LogP) is -0.152. The Balaban J connectivity index is 1.75. The molecule has 12 nitrogen and oxygen atoms in total. The molecule has 33 heavy (non-hydrogen) atoms. The van der Waals surface area contributed by atoms with Crippen molar-refractivity contribution < 1.29 is 54.4 Å². The van der Waals surface area contributed by atoms with Gasteiger partial charge in [0.25, 0.3) is 0 Å². The van der Waals surface area contributed by atoms with Crippen LogP contribution >= 0.6 is 0 Å². The molecule has 3 aromatic rings. The second kappa shape index (κ2) is 8.26. The van der Waals surface area contributed by atoms with E-state index in [1.54, 1.807) is 0 Å². The summed E-state index contributed by atoms with van der Waals surface area (Å²) in [6.45, 7) is 0. The highest BCUT2D eigenvalue weighted by atomic mass is 16.7. The van der Waals surface area contributed by atoms with E-state index in [2.05, 4.69) is 0 Å². The third-order valence-corrected chi connectivity index (χ3v) is 5.12. The van der Waals surface area contributed by atoms with Gasteiger partial charge in [-0.2, -0.15) is 0 Å². The Morgan fingerprint density at radius 3 is 2.24 bits per heavy atom. The van der Waals surface area contributed by atoms with Crippen LogP contribution in [0.2, 0.25) is 0 Å². The highest BCUT2D eigenvalue weighted by Crippen LogP contribution is 2.36. The number of carboxylic acid groups (broad SMARTS) is 1. The molecule has 0 spiro atoms. The van der Waals surface area contributed by atoms with Gasteiger partial charge in [-0.1, -0.05) is 0 Å². The zero-order chi connectivity index (χ0) is 24.0. The number of rotatable bonds is 4. The van der Waals surface area contributed by atoms with E-state index < -0.39 is 53.6 Å². The molecule has 1 aliphatic rings. The highest BCUT2D eigenvalue weighted by molar-refractivity contribution is 5.88. The third kappa shape index (κ3) is 3.91. The van der Waals surface area contributed by atoms with Crippen LogP contribution in [0.4, 0.5) is 0 Å². The van der Waals surface area contributed by atoms with Crippen LogP contribution in [-0.4, -0.2) is 72.4 Å². The Bertz CT molecular complexity index is 1260. The largest absolute Gasteiger partial charge is 0.508 e. The molecule has 4 rings (SSSR count). The minimum atomic E-state index is -1.92. The quantitative estimate of drug-likeness (QED) is 0.270. The number of benzene rings is 2. The summed E-state index contributed by atoms with van der Waals surface area (Å²) in [6.07, 6.45) is -9.35. The van der Waals surface area contributed by atoms with Crippen molar-refractivity contribution in [3.05, 3.63) is 46.6 Å². The zero-order valence-electron chi connectivity index (χ0n) is 16.5. The normalized spacial score (nSPS) is 25.1. The van der Waals surface area contributed by atoms with Gasteiger partial charge in [0.05, 0.1) is 0 Å². The van der Waals surface area contributed by atoms with Crippen molar-refractivity contribution in [2.75, 3.05) is 0 Å². The van der Waals surface area contributed by atoms with Gasteiger partial charge in [0.15, 0.2) is 11.9 Å². The number of carboxylic acids is 1. The lowest BCUT2D eigenvalue weighted by Crippen LogP contribution is -2.61. The monoisotopic (exact) mass is 462 g/mol. The Hall–Kier alpha value is -3.84. The maximum Gasteiger partial charge on any atom is 0.335 e. The fraction of sp³-hybridized carbons (Fsp3) is 0.238. The first-order valence-corrected chi connectivity index (χ1v) is 9.49. The molecule has 1 unspecified atom stereocenters. The number of aliphatic hydroxyl groups excluding tert-OH is 3. The van der Waals surface area contributed by atoms with E-state index in [1.165, 1.54) is 24.3 Å². The molecule has 0 aliphatic carbocycles. The van der Waals surface area contributed by atoms with E-state index in [4.69, 9.17) is 19.0 Å². The smallest absolute Gasteiger partial charge is 0.335 e. The van der Waals surface area contributed by atoms with E-state index in [-0.39, 0.29) is 33.8 Å². The summed E-state index contributed by atoms with van der Waals surface area (Å²) in [5, 5.41) is 68.5. The SMILES string of the molecule is O=C(O)[C@H]1OC(Oc2cc(O)c3c(=O)c(O)c(-c4ccc(O)cc4)oc3c2)[C@H](O)[C@@H](O)[C@@H]1O. The molecule has 1 saturated heterocycles. The molecule has 2 heterocycles. The highest BCUT2D eigenvalue weighted by Gasteiger charge is 2.48. The molecule has 5 atom stereocenters. The summed E-state index contributed by atoms with van der Waals surface area (Å²) in [5.41, 5.74) is -0.957. The second-order valence-corrected chi connectivity index (χ2v) is 7.32. The van der Waals surface area contributed by atoms with Gasteiger partial charge in [-0.25, -0.2) is 4.79 Å². The number of aliphatic hydroxyl groups is 3. The van der Waals surface area contributed by atoms with Crippen LogP contribution in [0.1, 0.15) is 0 Å². The second-order valence-electron chi connectivity index (χ2n) is 7.32. The van der Waals surface area contributed by atoms with Gasteiger partial charge in [-0.05, 0) is 24.3 Å². The molecule has 0 radical (unpaired) electrons. The average molecular weight is 462 g/mol. The third-order valence-electron chi connectivity index (χ3n) is 5.12. The number of carbonyl (C=O) groups is 1. The van der Waals surface area contributed by atoms with Crippen molar-refractivity contribution in [1.29, 1.82) is 0 Å². The van der Waals surface area contributed by atoms with Gasteiger partial charge in [0, 0.05) is 17.7 Å². The number of aliphatic carboxylic acids is 1. The Kier molecular flexibility index (Phi) is 5.59. The first-order valence-electron chi connectivity index (χ1n) is 9.49. The minimum absolute atomic E-state index is 0.0623. The number of aromatic hydroxyl groups is 3. The van der Waals surface area contributed by atoms with Gasteiger partial charge >= 0.3 is 5.97 Å². The number of ether oxygens (including phenoxy) is 2. The Labute approximate surface area is 183 Å². The van der Waals surface area contributed by atoms with Crippen LogP contribution in [0, 0.1) is 0 Å². The molecular formula is C21H18O12. The van der Waals surface area contributed by atoms with Crippen LogP contribution < -0.4 is 10.2 Å². The van der Waals surface area contributed by atoms with Crippen molar-refractivity contribution in [3.63, 3.8) is 0 Å². The molecule has 12 heteroatoms. The average Bonchev–Trinajstić information content (AvgIpc) is 2.76. The lowest BCUT2D eigenvalue weighted by Gasteiger charge is -2.38. The molecule has 7 N–H and O–H groups in total. The molecule has 1 aliphatic heterocycles. The number of hydrogen-bond donors (Lipinski definition) is 7. The molecule has 0 saturated carbocycles. The summed E-state index contributed by atoms with van der Waals surface area (Å²) in [4.78, 5) is 23.9. The van der Waals surface area contributed by atoms with Gasteiger partial charge in [-0.3, -0.25) is 4.79 Å². The first-order chi connectivity index (χ1) is 15.6. The molecule has 1 aromatic heterocycles. The molecule has 1 fully saturated rings. The summed E-state index contributed by atoms with van der Waals surface area (Å²) in [5.74, 6) is -3.63. The first kappa shape index (κ1) is 22.4. The summed E-state index contributed by atoms with van der Waals surface area (Å²) in [7, 11) is 0. The minimum Gasteiger partial charge on any atom is -0.508 e. The summed E-state index contributed by atoms with van der Waals surface area (Å²) >= 11 is 0. The van der Waals surface area contributed by atoms with Crippen LogP contribution in [0.15, 0.2) is 45.6 Å². The Morgan fingerprint density at radius 1 is 0.939 bits per heavy atom. The molecule has 174 valence electrons. The summed E-state index contributed by atoms with van der Waals surface area (Å²) < 4.78 is 16.0. The number of fused-ring (bicyclic) bond motifs is 1. The lowest BCUT2D eigenvalue weighted by atomic mass is 9.99. The predicted molar refractivity (Wildman–Crippen MR) is 108 cm³/mol. The topological polar surface area (TPSA) is 207 Å². The van der Waals surface area contributed by atoms with Gasteiger partial charge in [-0.15, -0.1) is 0 Å². The molecule has 2 aromatic carbocycles. The fourth-order valence-corrected chi connectivity index (χ4v) is 3.42. The molecule has 0 bridgehead atoms. The fourth-order valence-electron chi connectivity index (χ4n) is 3.42. The van der Waals surface area contributed by atoms with Crippen LogP contribution in [0.5, 0.6) is 23.0 Å². The van der Waals surface area contributed by atoms with Crippen molar-refractivity contribution in [2.24, 2.45) is 0 Å². The van der Waals surface area contributed by atoms with E-state index in [0.29, 0.717) is 0 Å². The zero-order valence-corrected chi connectivity index (χ0v) is 16.5. The van der Waals surface area contributed by atoms with Crippen LogP contribution in [-0.2, 0) is 9.53 Å². The van der Waals surface area contributed by atoms with E-state index in [9.17, 15) is 40.2 Å². The maximum atomic E-state index is 12.6. The van der Waals surface area contributed by atoms with Crippen molar-refractivity contribution in [3.8, 4) is 34.3 Å². The van der Waals surface area contributed by atoms with Gasteiger partial charge in [0.2, 0.25) is 17.5 Å². The lowest BCUT2D eigenvalue weighted by molar-refractivity contribution is -0.271. The number of phenolic OH excluding ortho intramolecular Hbond substituents is 2. The van der Waals surface area contributed by atoms with E-state index >= 15 is 0 Å². The van der Waals surface area contributed by atoms with Crippen LogP contribution in [0.3, 0.4) is 0 Å². The maximum absolute atomic E-state index is 12.6. The van der Waals surface area contributed by atoms with Gasteiger partial charge in [0.1, 0.15) is 46.5 Å². The van der Waals surface area contributed by atoms with Crippen molar-refractivity contribution in [1.82, 2.24) is 0 Å². The number of phenols is 2. The number of hydrogen-bond acceptors (Lipinski definition) is 11. The van der Waals surface area contributed by atoms with Crippen LogP contribution in [0.25, 0.3) is 22.3 Å². The standard InChI is InChI=1S/C21H18O12/c22-8-3-1-7(2-4-8)18-15(26)13(24)12-10(23)5-9(6-11(12)32-18)31-21-17(28)14(25)16(27)19(33-21)20(29)30/h1-6,14,16-17,19,21-23,25-28H,(H,29,30)/t14-,16-,17+,19-,21?/m0/s1. The van der Waals surface area contributed by atoms with E-state index in [1.807, 2.05) is 0 Å². The van der Waals surface area contributed by atoms with Crippen molar-refractivity contribution >= 4 is 16.9 Å².